The number of benzene rings is 3. The van der Waals surface area contributed by atoms with E-state index in [9.17, 15) is 9.59 Å². The second-order valence-electron chi connectivity index (χ2n) is 8.49. The number of aromatic nitrogens is 1. The fourth-order valence-electron chi connectivity index (χ4n) is 4.00. The van der Waals surface area contributed by atoms with Gasteiger partial charge in [0, 0.05) is 0 Å². The van der Waals surface area contributed by atoms with E-state index in [1.54, 1.807) is 6.20 Å². The van der Waals surface area contributed by atoms with Crippen molar-refractivity contribution in [3.63, 3.8) is 0 Å². The van der Waals surface area contributed by atoms with Gasteiger partial charge in [-0.1, -0.05) is 97.3 Å². The summed E-state index contributed by atoms with van der Waals surface area (Å²) in [5.74, 6) is 0. The van der Waals surface area contributed by atoms with E-state index < -0.39 is 6.09 Å². The van der Waals surface area contributed by atoms with Gasteiger partial charge in [0.05, 0.1) is 16.8 Å². The number of hydrogen-bond donors (Lipinski definition) is 1. The van der Waals surface area contributed by atoms with Crippen LogP contribution in [0.4, 0.5) is 10.5 Å². The minimum Gasteiger partial charge on any atom is -0.870 e. The monoisotopic (exact) mass is 507 g/mol. The maximum Gasteiger partial charge on any atom is 1.00 e. The summed E-state index contributed by atoms with van der Waals surface area (Å²) in [4.78, 5) is 24.6. The van der Waals surface area contributed by atoms with Crippen molar-refractivity contribution in [2.45, 2.75) is 31.3 Å². The number of carbonyl (C=O) groups excluding carboxylic acids is 2. The molecule has 0 spiro atoms. The number of hydrogen-bond acceptors (Lipinski definition) is 6. The van der Waals surface area contributed by atoms with Gasteiger partial charge in [0.15, 0.2) is 0 Å². The Morgan fingerprint density at radius 1 is 0.972 bits per heavy atom. The second-order valence-corrected chi connectivity index (χ2v) is 9.29. The van der Waals surface area contributed by atoms with E-state index in [-0.39, 0.29) is 46.6 Å². The Hall–Kier alpha value is -2.81. The van der Waals surface area contributed by atoms with Gasteiger partial charge in [0.25, 0.3) is 0 Å². The van der Waals surface area contributed by atoms with Crippen molar-refractivity contribution < 1.29 is 49.4 Å². The number of anilines is 1. The molecule has 2 N–H and O–H groups in total. The molecule has 3 aromatic carbocycles. The van der Waals surface area contributed by atoms with Crippen molar-refractivity contribution in [1.29, 1.82) is 0 Å². The van der Waals surface area contributed by atoms with Crippen LogP contribution in [0.3, 0.4) is 0 Å². The first kappa shape index (κ1) is 27.8. The Balaban J connectivity index is 0.00000180. The third-order valence-corrected chi connectivity index (χ3v) is 7.07. The number of ether oxygens (including phenoxy) is 1. The molecule has 178 valence electrons. The fourth-order valence-corrected chi connectivity index (χ4v) is 4.71. The molecule has 1 saturated carbocycles. The summed E-state index contributed by atoms with van der Waals surface area (Å²) in [5.41, 5.74) is 5.33. The van der Waals surface area contributed by atoms with E-state index in [1.165, 1.54) is 11.5 Å². The van der Waals surface area contributed by atoms with Crippen molar-refractivity contribution in [3.8, 4) is 21.6 Å². The molecule has 0 saturated heterocycles. The molecule has 1 amide bonds. The third-order valence-electron chi connectivity index (χ3n) is 6.22. The van der Waals surface area contributed by atoms with Gasteiger partial charge >= 0.3 is 35.7 Å². The van der Waals surface area contributed by atoms with Crippen LogP contribution >= 0.6 is 11.5 Å². The summed E-state index contributed by atoms with van der Waals surface area (Å²) < 4.78 is 9.78. The Morgan fingerprint density at radius 3 is 2.14 bits per heavy atom. The van der Waals surface area contributed by atoms with Crippen LogP contribution in [0, 0.1) is 0 Å². The minimum atomic E-state index is -0.518. The largest absolute Gasteiger partial charge is 1.00 e. The van der Waals surface area contributed by atoms with E-state index in [1.807, 2.05) is 85.8 Å². The van der Waals surface area contributed by atoms with Crippen molar-refractivity contribution in [3.05, 3.63) is 96.2 Å². The molecule has 0 aliphatic heterocycles. The smallest absolute Gasteiger partial charge is 0.870 e. The molecule has 1 aromatic heterocycles. The molecule has 1 fully saturated rings. The van der Waals surface area contributed by atoms with Crippen molar-refractivity contribution in [2.75, 3.05) is 5.32 Å². The van der Waals surface area contributed by atoms with Crippen LogP contribution in [0.1, 0.15) is 37.0 Å². The molecular formula is C28H24N2NaO4S-. The number of nitrogens with one attached hydrogen (secondary N) is 1. The Labute approximate surface area is 236 Å². The number of amides is 1. The third kappa shape index (κ3) is 5.94. The quantitative estimate of drug-likeness (QED) is 0.303. The molecule has 36 heavy (non-hydrogen) atoms. The Bertz CT molecular complexity index is 1300. The molecular weight excluding hydrogens is 483 g/mol. The summed E-state index contributed by atoms with van der Waals surface area (Å²) >= 11 is 1.32. The molecule has 1 atom stereocenters. The standard InChI is InChI=1S/C28H23N2O3S.Na.H2O/c1-19(20-5-3-2-4-6-20)33-27(32)30-25-17-29-34-26(25)23-9-7-21(8-10-23)22-11-13-24(14-12-22)28(18-31)15-16-28;;/h2-14,17,19H,15-16H2,1H3,(H,30,32);;1H2/q-1;+1;/p-1/t19-;;/m1../s1. The maximum absolute atomic E-state index is 12.5. The summed E-state index contributed by atoms with van der Waals surface area (Å²) in [6, 6.07) is 25.9. The second kappa shape index (κ2) is 12.0. The van der Waals surface area contributed by atoms with Gasteiger partial charge in [0.1, 0.15) is 6.10 Å². The predicted octanol–water partition coefficient (Wildman–Crippen LogP) is 3.76. The van der Waals surface area contributed by atoms with Gasteiger partial charge in [-0.05, 0) is 40.7 Å². The van der Waals surface area contributed by atoms with E-state index in [2.05, 4.69) is 16.0 Å². The average Bonchev–Trinajstić information content (AvgIpc) is 3.56. The number of rotatable bonds is 7. The van der Waals surface area contributed by atoms with Crippen LogP contribution in [-0.2, 0) is 14.9 Å². The van der Waals surface area contributed by atoms with Crippen LogP contribution in [-0.4, -0.2) is 22.2 Å². The summed E-state index contributed by atoms with van der Waals surface area (Å²) in [6.45, 7) is 1.84. The molecule has 4 aromatic rings. The molecule has 0 radical (unpaired) electrons. The van der Waals surface area contributed by atoms with Gasteiger partial charge in [-0.3, -0.25) is 11.6 Å². The van der Waals surface area contributed by atoms with Gasteiger partial charge in [-0.25, -0.2) is 4.79 Å². The molecule has 0 unspecified atom stereocenters. The molecule has 0 bridgehead atoms. The number of carbonyl (C=O) groups is 1. The zero-order chi connectivity index (χ0) is 23.5. The van der Waals surface area contributed by atoms with Crippen molar-refractivity contribution >= 4 is 29.6 Å². The summed E-state index contributed by atoms with van der Waals surface area (Å²) in [5, 5.41) is 2.82. The fraction of sp³-hybridized carbons (Fsp3) is 0.179. The van der Waals surface area contributed by atoms with E-state index in [4.69, 9.17) is 4.74 Å². The van der Waals surface area contributed by atoms with Crippen molar-refractivity contribution in [1.82, 2.24) is 4.37 Å². The van der Waals surface area contributed by atoms with E-state index in [0.717, 1.165) is 45.5 Å². The number of nitrogens with zero attached hydrogens (tertiary/aromatic N) is 1. The van der Waals surface area contributed by atoms with Gasteiger partial charge < -0.3 is 15.0 Å². The predicted molar refractivity (Wildman–Crippen MR) is 136 cm³/mol. The van der Waals surface area contributed by atoms with E-state index in [0.29, 0.717) is 5.69 Å². The maximum atomic E-state index is 12.5. The van der Waals surface area contributed by atoms with Gasteiger partial charge in [0.2, 0.25) is 0 Å². The van der Waals surface area contributed by atoms with E-state index >= 15 is 0 Å². The first-order chi connectivity index (χ1) is 16.6. The Kier molecular flexibility index (Phi) is 9.22. The SMILES string of the molecule is C[C@@H](OC(=O)Nc1cnsc1-c1ccc(-c2ccc(C3([C-]=O)CC3)cc2)cc1)c1ccccc1.[Na+].[OH-]. The average molecular weight is 508 g/mol. The van der Waals surface area contributed by atoms with Gasteiger partial charge in [-0.15, -0.1) is 5.41 Å². The molecule has 8 heteroatoms. The molecule has 6 nitrogen and oxygen atoms in total. The molecule has 1 heterocycles. The molecule has 5 rings (SSSR count). The summed E-state index contributed by atoms with van der Waals surface area (Å²) in [6.07, 6.45) is 4.72. The molecule has 1 aliphatic rings. The van der Waals surface area contributed by atoms with Crippen LogP contribution in [0.25, 0.3) is 21.6 Å². The zero-order valence-corrected chi connectivity index (χ0v) is 22.9. The summed E-state index contributed by atoms with van der Waals surface area (Å²) in [7, 11) is 0. The Morgan fingerprint density at radius 2 is 1.56 bits per heavy atom. The van der Waals surface area contributed by atoms with Crippen LogP contribution < -0.4 is 34.9 Å². The molecule has 1 aliphatic carbocycles. The first-order valence-corrected chi connectivity index (χ1v) is 11.9. The van der Waals surface area contributed by atoms with Gasteiger partial charge in [-0.2, -0.15) is 4.37 Å². The topological polar surface area (TPSA) is 98.3 Å². The van der Waals surface area contributed by atoms with Crippen LogP contribution in [0.15, 0.2) is 85.1 Å². The van der Waals surface area contributed by atoms with Crippen molar-refractivity contribution in [2.24, 2.45) is 0 Å². The zero-order valence-electron chi connectivity index (χ0n) is 20.1. The normalized spacial score (nSPS) is 13.9. The minimum absolute atomic E-state index is 0. The first-order valence-electron chi connectivity index (χ1n) is 11.2. The van der Waals surface area contributed by atoms with Crippen LogP contribution in [0.5, 0.6) is 0 Å². The van der Waals surface area contributed by atoms with Crippen LogP contribution in [0.2, 0.25) is 0 Å².